The molecule has 2 aromatic heterocycles. The number of nitrogens with one attached hydrogen (secondary N) is 2. The van der Waals surface area contributed by atoms with E-state index in [0.29, 0.717) is 28.8 Å². The van der Waals surface area contributed by atoms with Gasteiger partial charge in [0, 0.05) is 48.9 Å². The van der Waals surface area contributed by atoms with Gasteiger partial charge >= 0.3 is 0 Å². The number of carbonyl (C=O) groups excluding carboxylic acids is 3. The predicted octanol–water partition coefficient (Wildman–Crippen LogP) is 3.47. The van der Waals surface area contributed by atoms with Gasteiger partial charge in [0.15, 0.2) is 5.13 Å². The third kappa shape index (κ3) is 8.56. The van der Waals surface area contributed by atoms with Crippen LogP contribution in [0.15, 0.2) is 48.0 Å². The standard InChI is InChI=1S/C24H25Cl2N5O4S/c1-35-11-10-31(23(34)19-6-5-16(25)12-20(19)26)14-22(33)30-24-29-18(15-36-24)13-21(32)28-9-7-17-4-2-3-8-27-17/h2-6,8,12,15H,7,9-11,13-14H2,1H3,(H,28,32)(H,29,30,33). The minimum absolute atomic E-state index is 0.0854. The average Bonchev–Trinajstić information content (AvgIpc) is 3.28. The molecule has 0 aliphatic rings. The van der Waals surface area contributed by atoms with Crippen LogP contribution in [0.25, 0.3) is 0 Å². The maximum absolute atomic E-state index is 13.0. The first-order chi connectivity index (χ1) is 17.4. The Morgan fingerprint density at radius 2 is 1.94 bits per heavy atom. The zero-order valence-electron chi connectivity index (χ0n) is 19.5. The lowest BCUT2D eigenvalue weighted by Gasteiger charge is -2.22. The van der Waals surface area contributed by atoms with E-state index in [9.17, 15) is 14.4 Å². The van der Waals surface area contributed by atoms with Crippen LogP contribution in [0.3, 0.4) is 0 Å². The molecule has 0 spiro atoms. The Morgan fingerprint density at radius 3 is 2.67 bits per heavy atom. The highest BCUT2D eigenvalue weighted by Crippen LogP contribution is 2.22. The highest BCUT2D eigenvalue weighted by molar-refractivity contribution is 7.13. The Balaban J connectivity index is 1.52. The first-order valence-electron chi connectivity index (χ1n) is 11.0. The highest BCUT2D eigenvalue weighted by atomic mass is 35.5. The number of pyridine rings is 1. The molecule has 12 heteroatoms. The van der Waals surface area contributed by atoms with Gasteiger partial charge in [0.05, 0.1) is 29.3 Å². The molecule has 0 unspecified atom stereocenters. The molecule has 36 heavy (non-hydrogen) atoms. The molecule has 0 saturated carbocycles. The maximum atomic E-state index is 13.0. The van der Waals surface area contributed by atoms with Crippen LogP contribution in [-0.4, -0.2) is 65.9 Å². The number of hydrogen-bond acceptors (Lipinski definition) is 7. The van der Waals surface area contributed by atoms with E-state index in [-0.39, 0.29) is 42.6 Å². The Morgan fingerprint density at radius 1 is 1.11 bits per heavy atom. The van der Waals surface area contributed by atoms with Gasteiger partial charge in [0.1, 0.15) is 6.54 Å². The van der Waals surface area contributed by atoms with Crippen molar-refractivity contribution in [3.05, 3.63) is 75.0 Å². The molecule has 0 bridgehead atoms. The molecule has 0 aliphatic carbocycles. The summed E-state index contributed by atoms with van der Waals surface area (Å²) in [4.78, 5) is 47.7. The van der Waals surface area contributed by atoms with E-state index in [2.05, 4.69) is 20.6 Å². The van der Waals surface area contributed by atoms with Crippen LogP contribution < -0.4 is 10.6 Å². The number of ether oxygens (including phenoxy) is 1. The summed E-state index contributed by atoms with van der Waals surface area (Å²) in [6.45, 7) is 0.654. The summed E-state index contributed by atoms with van der Waals surface area (Å²) in [5.41, 5.74) is 1.66. The molecule has 0 radical (unpaired) electrons. The summed E-state index contributed by atoms with van der Waals surface area (Å²) in [6.07, 6.45) is 2.42. The van der Waals surface area contributed by atoms with Crippen LogP contribution in [0.4, 0.5) is 5.13 Å². The number of hydrogen-bond donors (Lipinski definition) is 2. The molecule has 9 nitrogen and oxygen atoms in total. The predicted molar refractivity (Wildman–Crippen MR) is 140 cm³/mol. The van der Waals surface area contributed by atoms with E-state index in [0.717, 1.165) is 5.69 Å². The number of rotatable bonds is 12. The molecule has 3 aromatic rings. The number of amides is 3. The van der Waals surface area contributed by atoms with E-state index in [4.69, 9.17) is 27.9 Å². The van der Waals surface area contributed by atoms with Gasteiger partial charge in [-0.1, -0.05) is 29.3 Å². The zero-order chi connectivity index (χ0) is 25.9. The summed E-state index contributed by atoms with van der Waals surface area (Å²) in [7, 11) is 1.50. The number of halogens is 2. The molecule has 3 amide bonds. The third-order valence-electron chi connectivity index (χ3n) is 4.92. The van der Waals surface area contributed by atoms with E-state index in [1.54, 1.807) is 17.6 Å². The third-order valence-corrected chi connectivity index (χ3v) is 6.27. The van der Waals surface area contributed by atoms with Gasteiger partial charge in [-0.3, -0.25) is 19.4 Å². The van der Waals surface area contributed by atoms with Crippen LogP contribution in [0.1, 0.15) is 21.7 Å². The molecule has 2 heterocycles. The van der Waals surface area contributed by atoms with Gasteiger partial charge in [0.25, 0.3) is 5.91 Å². The fourth-order valence-corrected chi connectivity index (χ4v) is 4.38. The van der Waals surface area contributed by atoms with Gasteiger partial charge in [-0.2, -0.15) is 0 Å². The Kier molecular flexibility index (Phi) is 10.6. The van der Waals surface area contributed by atoms with E-state index in [1.165, 1.54) is 35.5 Å². The average molecular weight is 550 g/mol. The second-order valence-corrected chi connectivity index (χ2v) is 9.34. The minimum atomic E-state index is -0.440. The topological polar surface area (TPSA) is 114 Å². The number of benzene rings is 1. The van der Waals surface area contributed by atoms with Crippen molar-refractivity contribution >= 4 is 57.4 Å². The van der Waals surface area contributed by atoms with Gasteiger partial charge in [-0.25, -0.2) is 4.98 Å². The Hall–Kier alpha value is -3.05. The summed E-state index contributed by atoms with van der Waals surface area (Å²) in [5, 5.41) is 8.14. The van der Waals surface area contributed by atoms with Crippen LogP contribution in [0.2, 0.25) is 10.0 Å². The summed E-state index contributed by atoms with van der Waals surface area (Å²) >= 11 is 13.3. The number of methoxy groups -OCH3 is 1. The van der Waals surface area contributed by atoms with Crippen LogP contribution in [0, 0.1) is 0 Å². The molecular formula is C24H25Cl2N5O4S. The smallest absolute Gasteiger partial charge is 0.255 e. The molecule has 3 rings (SSSR count). The second kappa shape index (κ2) is 13.9. The fourth-order valence-electron chi connectivity index (χ4n) is 3.17. The fraction of sp³-hybridized carbons (Fsp3) is 0.292. The molecule has 0 fully saturated rings. The number of thiazole rings is 1. The van der Waals surface area contributed by atoms with Crippen LogP contribution >= 0.6 is 34.5 Å². The van der Waals surface area contributed by atoms with Crippen molar-refractivity contribution in [1.29, 1.82) is 0 Å². The zero-order valence-corrected chi connectivity index (χ0v) is 21.8. The van der Waals surface area contributed by atoms with Gasteiger partial charge in [0.2, 0.25) is 11.8 Å². The van der Waals surface area contributed by atoms with Gasteiger partial charge in [-0.05, 0) is 30.3 Å². The van der Waals surface area contributed by atoms with Crippen molar-refractivity contribution in [2.45, 2.75) is 12.8 Å². The molecule has 2 N–H and O–H groups in total. The lowest BCUT2D eigenvalue weighted by atomic mass is 10.2. The molecule has 1 aromatic carbocycles. The molecule has 0 atom stereocenters. The Bertz CT molecular complexity index is 1190. The summed E-state index contributed by atoms with van der Waals surface area (Å²) in [5.74, 6) is -1.04. The minimum Gasteiger partial charge on any atom is -0.383 e. The normalized spacial score (nSPS) is 10.6. The number of anilines is 1. The first kappa shape index (κ1) is 27.5. The Labute approximate surface area is 222 Å². The van der Waals surface area contributed by atoms with E-state index < -0.39 is 11.8 Å². The van der Waals surface area contributed by atoms with Crippen LogP contribution in [-0.2, 0) is 27.2 Å². The van der Waals surface area contributed by atoms with Crippen molar-refractivity contribution in [2.75, 3.05) is 38.7 Å². The summed E-state index contributed by atoms with van der Waals surface area (Å²) in [6, 6.07) is 10.2. The maximum Gasteiger partial charge on any atom is 0.255 e. The van der Waals surface area contributed by atoms with Crippen molar-refractivity contribution in [2.24, 2.45) is 0 Å². The van der Waals surface area contributed by atoms with Crippen molar-refractivity contribution < 1.29 is 19.1 Å². The number of nitrogens with zero attached hydrogens (tertiary/aromatic N) is 3. The van der Waals surface area contributed by atoms with Gasteiger partial charge in [-0.15, -0.1) is 11.3 Å². The lowest BCUT2D eigenvalue weighted by molar-refractivity contribution is -0.120. The van der Waals surface area contributed by atoms with E-state index >= 15 is 0 Å². The largest absolute Gasteiger partial charge is 0.383 e. The van der Waals surface area contributed by atoms with Gasteiger partial charge < -0.3 is 20.3 Å². The van der Waals surface area contributed by atoms with Crippen LogP contribution in [0.5, 0.6) is 0 Å². The summed E-state index contributed by atoms with van der Waals surface area (Å²) < 4.78 is 5.07. The first-order valence-corrected chi connectivity index (χ1v) is 12.6. The number of aromatic nitrogens is 2. The van der Waals surface area contributed by atoms with Crippen molar-refractivity contribution in [3.63, 3.8) is 0 Å². The van der Waals surface area contributed by atoms with Crippen molar-refractivity contribution in [3.8, 4) is 0 Å². The molecule has 190 valence electrons. The quantitative estimate of drug-likeness (QED) is 0.357. The number of carbonyl (C=O) groups is 3. The SMILES string of the molecule is COCCN(CC(=O)Nc1nc(CC(=O)NCCc2ccccn2)cs1)C(=O)c1ccc(Cl)cc1Cl. The highest BCUT2D eigenvalue weighted by Gasteiger charge is 2.22. The lowest BCUT2D eigenvalue weighted by Crippen LogP contribution is -2.40. The van der Waals surface area contributed by atoms with Crippen molar-refractivity contribution in [1.82, 2.24) is 20.2 Å². The monoisotopic (exact) mass is 549 g/mol. The van der Waals surface area contributed by atoms with E-state index in [1.807, 2.05) is 18.2 Å². The molecule has 0 saturated heterocycles. The molecular weight excluding hydrogens is 525 g/mol. The molecule has 0 aliphatic heterocycles. The second-order valence-electron chi connectivity index (χ2n) is 7.63.